The van der Waals surface area contributed by atoms with Gasteiger partial charge in [0, 0.05) is 38.8 Å². The van der Waals surface area contributed by atoms with Gasteiger partial charge in [-0.3, -0.25) is 9.69 Å². The lowest BCUT2D eigenvalue weighted by Crippen LogP contribution is -2.54. The Labute approximate surface area is 153 Å². The summed E-state index contributed by atoms with van der Waals surface area (Å²) in [7, 11) is 0. The maximum Gasteiger partial charge on any atom is 0.241 e. The zero-order valence-electron chi connectivity index (χ0n) is 15.0. The van der Waals surface area contributed by atoms with E-state index in [4.69, 9.17) is 9.47 Å². The van der Waals surface area contributed by atoms with Gasteiger partial charge in [-0.15, -0.1) is 0 Å². The lowest BCUT2D eigenvalue weighted by molar-refractivity contribution is -0.135. The molecule has 0 radical (unpaired) electrons. The summed E-state index contributed by atoms with van der Waals surface area (Å²) in [5, 5.41) is 9.49. The number of aliphatic hydroxyl groups excluding tert-OH is 1. The molecule has 3 aliphatic heterocycles. The SMILES string of the molecule is CC(O)CN1CCN(C(=O)C2CC(c3ccc4c(c3)OCO4)NN2)CC1. The van der Waals surface area contributed by atoms with Crippen molar-refractivity contribution >= 4 is 5.91 Å². The van der Waals surface area contributed by atoms with Crippen LogP contribution < -0.4 is 20.3 Å². The molecule has 3 unspecified atom stereocenters. The van der Waals surface area contributed by atoms with Crippen LogP contribution in [0.4, 0.5) is 0 Å². The van der Waals surface area contributed by atoms with Crippen molar-refractivity contribution in [3.8, 4) is 11.5 Å². The third-order valence-electron chi connectivity index (χ3n) is 5.21. The van der Waals surface area contributed by atoms with E-state index in [1.807, 2.05) is 23.1 Å². The standard InChI is InChI=1S/C18H26N4O4/c1-12(23)10-21-4-6-22(7-5-21)18(24)15-9-14(19-20-15)13-2-3-16-17(8-13)26-11-25-16/h2-3,8,12,14-15,19-20,23H,4-7,9-11H2,1H3. The summed E-state index contributed by atoms with van der Waals surface area (Å²) in [6.07, 6.45) is 0.368. The number of hydrogen-bond acceptors (Lipinski definition) is 7. The van der Waals surface area contributed by atoms with E-state index in [1.165, 1.54) is 0 Å². The van der Waals surface area contributed by atoms with E-state index in [0.29, 0.717) is 26.1 Å². The first kappa shape index (κ1) is 17.5. The molecule has 3 atom stereocenters. The maximum atomic E-state index is 12.8. The second-order valence-electron chi connectivity index (χ2n) is 7.22. The van der Waals surface area contributed by atoms with E-state index in [0.717, 1.165) is 30.2 Å². The number of β-amino-alcohol motifs (C(OH)–C–C–N with tert-alkyl or cyclic N) is 1. The number of hydrazine groups is 1. The van der Waals surface area contributed by atoms with E-state index in [9.17, 15) is 9.90 Å². The molecule has 2 fully saturated rings. The molecule has 1 aromatic carbocycles. The number of carbonyl (C=O) groups is 1. The van der Waals surface area contributed by atoms with Crippen molar-refractivity contribution < 1.29 is 19.4 Å². The van der Waals surface area contributed by atoms with Gasteiger partial charge in [-0.05, 0) is 31.0 Å². The fourth-order valence-electron chi connectivity index (χ4n) is 3.81. The topological polar surface area (TPSA) is 86.3 Å². The van der Waals surface area contributed by atoms with Crippen molar-refractivity contribution in [1.29, 1.82) is 0 Å². The molecule has 4 rings (SSSR count). The number of nitrogens with zero attached hydrogens (tertiary/aromatic N) is 2. The van der Waals surface area contributed by atoms with Gasteiger partial charge in [0.2, 0.25) is 12.7 Å². The average Bonchev–Trinajstić information content (AvgIpc) is 3.30. The first-order valence-electron chi connectivity index (χ1n) is 9.20. The quantitative estimate of drug-likeness (QED) is 0.687. The Morgan fingerprint density at radius 2 is 2.00 bits per heavy atom. The number of piperazine rings is 1. The molecule has 0 aliphatic carbocycles. The largest absolute Gasteiger partial charge is 0.454 e. The van der Waals surface area contributed by atoms with Gasteiger partial charge in [0.25, 0.3) is 0 Å². The van der Waals surface area contributed by atoms with Gasteiger partial charge >= 0.3 is 0 Å². The van der Waals surface area contributed by atoms with Gasteiger partial charge in [0.05, 0.1) is 6.10 Å². The molecule has 3 heterocycles. The summed E-state index contributed by atoms with van der Waals surface area (Å²) < 4.78 is 10.8. The Kier molecular flexibility index (Phi) is 4.99. The van der Waals surface area contributed by atoms with Gasteiger partial charge in [-0.1, -0.05) is 6.07 Å². The van der Waals surface area contributed by atoms with Crippen molar-refractivity contribution in [1.82, 2.24) is 20.7 Å². The third kappa shape index (κ3) is 3.64. The first-order valence-corrected chi connectivity index (χ1v) is 9.20. The minimum Gasteiger partial charge on any atom is -0.454 e. The Morgan fingerprint density at radius 3 is 2.77 bits per heavy atom. The molecule has 3 N–H and O–H groups in total. The third-order valence-corrected chi connectivity index (χ3v) is 5.21. The Hall–Kier alpha value is -1.87. The van der Waals surface area contributed by atoms with Crippen LogP contribution in [0.3, 0.4) is 0 Å². The average molecular weight is 362 g/mol. The normalized spacial score (nSPS) is 26.9. The van der Waals surface area contributed by atoms with Crippen LogP contribution in [0.5, 0.6) is 11.5 Å². The van der Waals surface area contributed by atoms with E-state index in [2.05, 4.69) is 15.8 Å². The molecule has 8 nitrogen and oxygen atoms in total. The van der Waals surface area contributed by atoms with Crippen LogP contribution in [0, 0.1) is 0 Å². The molecule has 1 aromatic rings. The zero-order chi connectivity index (χ0) is 18.1. The predicted molar refractivity (Wildman–Crippen MR) is 94.7 cm³/mol. The lowest BCUT2D eigenvalue weighted by Gasteiger charge is -2.36. The number of amides is 1. The first-order chi connectivity index (χ1) is 12.6. The fraction of sp³-hybridized carbons (Fsp3) is 0.611. The molecule has 142 valence electrons. The van der Waals surface area contributed by atoms with E-state index in [-0.39, 0.29) is 30.9 Å². The predicted octanol–water partition coefficient (Wildman–Crippen LogP) is -0.152. The summed E-state index contributed by atoms with van der Waals surface area (Å²) in [4.78, 5) is 16.9. The molecule has 26 heavy (non-hydrogen) atoms. The number of carbonyl (C=O) groups excluding carboxylic acids is 1. The summed E-state index contributed by atoms with van der Waals surface area (Å²) >= 11 is 0. The fourth-order valence-corrected chi connectivity index (χ4v) is 3.81. The monoisotopic (exact) mass is 362 g/mol. The molecule has 1 amide bonds. The van der Waals surface area contributed by atoms with Crippen LogP contribution in [-0.2, 0) is 4.79 Å². The van der Waals surface area contributed by atoms with Gasteiger partial charge in [0.15, 0.2) is 11.5 Å². The van der Waals surface area contributed by atoms with Crippen LogP contribution in [0.25, 0.3) is 0 Å². The highest BCUT2D eigenvalue weighted by Crippen LogP contribution is 2.35. The zero-order valence-corrected chi connectivity index (χ0v) is 15.0. The summed E-state index contributed by atoms with van der Waals surface area (Å²) in [6, 6.07) is 5.73. The molecule has 3 aliphatic rings. The molecule has 0 bridgehead atoms. The van der Waals surface area contributed by atoms with Crippen LogP contribution in [0.15, 0.2) is 18.2 Å². The summed E-state index contributed by atoms with van der Waals surface area (Å²) in [6.45, 7) is 5.75. The van der Waals surface area contributed by atoms with Gasteiger partial charge in [-0.2, -0.15) is 0 Å². The highest BCUT2D eigenvalue weighted by atomic mass is 16.7. The molecule has 0 saturated carbocycles. The van der Waals surface area contributed by atoms with Crippen molar-refractivity contribution in [3.63, 3.8) is 0 Å². The molecular weight excluding hydrogens is 336 g/mol. The van der Waals surface area contributed by atoms with Crippen molar-refractivity contribution in [3.05, 3.63) is 23.8 Å². The summed E-state index contributed by atoms with van der Waals surface area (Å²) in [5.74, 6) is 1.66. The van der Waals surface area contributed by atoms with E-state index in [1.54, 1.807) is 6.92 Å². The molecule has 0 spiro atoms. The minimum absolute atomic E-state index is 0.0648. The van der Waals surface area contributed by atoms with Gasteiger partial charge in [-0.25, -0.2) is 10.9 Å². The number of hydrogen-bond donors (Lipinski definition) is 3. The van der Waals surface area contributed by atoms with Gasteiger partial charge in [0.1, 0.15) is 6.04 Å². The van der Waals surface area contributed by atoms with Crippen molar-refractivity contribution in [2.75, 3.05) is 39.5 Å². The summed E-state index contributed by atoms with van der Waals surface area (Å²) in [5.41, 5.74) is 7.46. The molecule has 0 aromatic heterocycles. The lowest BCUT2D eigenvalue weighted by atomic mass is 10.0. The van der Waals surface area contributed by atoms with Gasteiger partial charge < -0.3 is 19.5 Å². The number of nitrogens with one attached hydrogen (secondary N) is 2. The van der Waals surface area contributed by atoms with Crippen LogP contribution in [-0.4, -0.2) is 72.5 Å². The Balaban J connectivity index is 1.32. The Bertz CT molecular complexity index is 661. The minimum atomic E-state index is -0.333. The second kappa shape index (κ2) is 7.40. The Morgan fingerprint density at radius 1 is 1.23 bits per heavy atom. The number of rotatable bonds is 4. The van der Waals surface area contributed by atoms with Crippen molar-refractivity contribution in [2.45, 2.75) is 31.5 Å². The number of aliphatic hydroxyl groups is 1. The number of benzene rings is 1. The highest BCUT2D eigenvalue weighted by molar-refractivity contribution is 5.82. The second-order valence-corrected chi connectivity index (χ2v) is 7.22. The highest BCUT2D eigenvalue weighted by Gasteiger charge is 2.34. The van der Waals surface area contributed by atoms with Crippen molar-refractivity contribution in [2.24, 2.45) is 0 Å². The molecule has 2 saturated heterocycles. The molecular formula is C18H26N4O4. The van der Waals surface area contributed by atoms with Crippen LogP contribution >= 0.6 is 0 Å². The molecule has 8 heteroatoms. The van der Waals surface area contributed by atoms with E-state index < -0.39 is 0 Å². The number of fused-ring (bicyclic) bond motifs is 1. The smallest absolute Gasteiger partial charge is 0.241 e. The maximum absolute atomic E-state index is 12.8. The van der Waals surface area contributed by atoms with Crippen LogP contribution in [0.1, 0.15) is 24.9 Å². The van der Waals surface area contributed by atoms with E-state index >= 15 is 0 Å². The number of ether oxygens (including phenoxy) is 2. The van der Waals surface area contributed by atoms with Crippen LogP contribution in [0.2, 0.25) is 0 Å².